The first-order chi connectivity index (χ1) is 10.2. The van der Waals surface area contributed by atoms with Crippen molar-refractivity contribution in [3.8, 4) is 0 Å². The molecule has 0 N–H and O–H groups in total. The van der Waals surface area contributed by atoms with E-state index in [1.54, 1.807) is 12.5 Å². The quantitative estimate of drug-likeness (QED) is 0.869. The van der Waals surface area contributed by atoms with Crippen molar-refractivity contribution in [1.29, 1.82) is 0 Å². The summed E-state index contributed by atoms with van der Waals surface area (Å²) in [5.74, 6) is 0.989. The molecule has 0 amide bonds. The summed E-state index contributed by atoms with van der Waals surface area (Å²) >= 11 is 5.93. The molecule has 1 saturated heterocycles. The maximum atomic E-state index is 5.93. The molecule has 3 rings (SSSR count). The van der Waals surface area contributed by atoms with Crippen LogP contribution in [0.1, 0.15) is 12.0 Å². The van der Waals surface area contributed by atoms with Crippen LogP contribution in [0.5, 0.6) is 0 Å². The summed E-state index contributed by atoms with van der Waals surface area (Å²) < 4.78 is 0. The second-order valence-electron chi connectivity index (χ2n) is 5.48. The summed E-state index contributed by atoms with van der Waals surface area (Å²) in [6.45, 7) is 3.15. The Morgan fingerprint density at radius 2 is 2.10 bits per heavy atom. The molecule has 1 unspecified atom stereocenters. The van der Waals surface area contributed by atoms with Gasteiger partial charge in [-0.3, -0.25) is 4.90 Å². The number of anilines is 1. The molecule has 4 nitrogen and oxygen atoms in total. The Kier molecular flexibility index (Phi) is 4.36. The number of likely N-dealkylation sites (tertiary alicyclic amines) is 1. The maximum absolute atomic E-state index is 5.93. The van der Waals surface area contributed by atoms with Crippen LogP contribution in [0.2, 0.25) is 5.02 Å². The van der Waals surface area contributed by atoms with Crippen molar-refractivity contribution in [3.63, 3.8) is 0 Å². The summed E-state index contributed by atoms with van der Waals surface area (Å²) in [7, 11) is 2.11. The number of nitrogens with zero attached hydrogens (tertiary/aromatic N) is 4. The van der Waals surface area contributed by atoms with Gasteiger partial charge in [0.1, 0.15) is 12.1 Å². The van der Waals surface area contributed by atoms with Crippen molar-refractivity contribution in [2.75, 3.05) is 25.0 Å². The maximum Gasteiger partial charge on any atom is 0.131 e. The second-order valence-corrected chi connectivity index (χ2v) is 5.92. The van der Waals surface area contributed by atoms with Gasteiger partial charge < -0.3 is 4.90 Å². The van der Waals surface area contributed by atoms with Crippen molar-refractivity contribution in [2.45, 2.75) is 19.0 Å². The largest absolute Gasteiger partial charge is 0.355 e. The minimum absolute atomic E-state index is 0.507. The van der Waals surface area contributed by atoms with Crippen LogP contribution in [0.4, 0.5) is 5.82 Å². The lowest BCUT2D eigenvalue weighted by atomic mass is 10.2. The molecule has 2 heterocycles. The van der Waals surface area contributed by atoms with Crippen LogP contribution >= 0.6 is 11.6 Å². The van der Waals surface area contributed by atoms with E-state index < -0.39 is 0 Å². The van der Waals surface area contributed by atoms with E-state index in [2.05, 4.69) is 38.9 Å². The molecule has 0 bridgehead atoms. The van der Waals surface area contributed by atoms with Crippen LogP contribution in [-0.2, 0) is 6.54 Å². The van der Waals surface area contributed by atoms with Crippen LogP contribution in [0.15, 0.2) is 42.9 Å². The zero-order valence-corrected chi connectivity index (χ0v) is 12.9. The molecule has 1 aliphatic heterocycles. The molecular formula is C16H19ClN4. The Labute approximate surface area is 130 Å². The van der Waals surface area contributed by atoms with Gasteiger partial charge in [0.05, 0.1) is 0 Å². The molecule has 1 aromatic carbocycles. The summed E-state index contributed by atoms with van der Waals surface area (Å²) in [6, 6.07) is 10.6. The molecule has 110 valence electrons. The Morgan fingerprint density at radius 1 is 1.29 bits per heavy atom. The Hall–Kier alpha value is -1.65. The Balaban J connectivity index is 1.59. The van der Waals surface area contributed by atoms with Crippen LogP contribution in [0.25, 0.3) is 0 Å². The zero-order chi connectivity index (χ0) is 14.7. The minimum atomic E-state index is 0.507. The van der Waals surface area contributed by atoms with Gasteiger partial charge in [-0.2, -0.15) is 0 Å². The highest BCUT2D eigenvalue weighted by Gasteiger charge is 2.26. The monoisotopic (exact) mass is 302 g/mol. The fourth-order valence-electron chi connectivity index (χ4n) is 2.80. The molecule has 1 atom stereocenters. The van der Waals surface area contributed by atoms with Crippen LogP contribution in [-0.4, -0.2) is 41.0 Å². The number of aromatic nitrogens is 2. The molecule has 1 aliphatic rings. The third-order valence-electron chi connectivity index (χ3n) is 4.04. The van der Waals surface area contributed by atoms with E-state index in [1.807, 2.05) is 18.2 Å². The predicted octanol–water partition coefficient (Wildman–Crippen LogP) is 2.84. The minimum Gasteiger partial charge on any atom is -0.355 e. The lowest BCUT2D eigenvalue weighted by molar-refractivity contribution is 0.326. The van der Waals surface area contributed by atoms with E-state index in [1.165, 1.54) is 5.56 Å². The first kappa shape index (κ1) is 14.3. The van der Waals surface area contributed by atoms with Gasteiger partial charge in [0.15, 0.2) is 0 Å². The van der Waals surface area contributed by atoms with Crippen molar-refractivity contribution in [2.24, 2.45) is 0 Å². The molecule has 0 radical (unpaired) electrons. The average molecular weight is 303 g/mol. The number of hydrogen-bond donors (Lipinski definition) is 0. The van der Waals surface area contributed by atoms with Gasteiger partial charge in [0.2, 0.25) is 0 Å². The number of likely N-dealkylation sites (N-methyl/N-ethyl adjacent to an activating group) is 1. The van der Waals surface area contributed by atoms with E-state index in [0.29, 0.717) is 6.04 Å². The van der Waals surface area contributed by atoms with E-state index in [4.69, 9.17) is 11.6 Å². The standard InChI is InChI=1S/C16H19ClN4/c1-20(16-6-8-18-12-19-16)15-7-9-21(11-15)10-13-2-4-14(17)5-3-13/h2-6,8,12,15H,7,9-11H2,1H3. The molecular weight excluding hydrogens is 284 g/mol. The van der Waals surface area contributed by atoms with Crippen molar-refractivity contribution in [3.05, 3.63) is 53.4 Å². The molecule has 1 aromatic heterocycles. The lowest BCUT2D eigenvalue weighted by Crippen LogP contribution is -2.34. The number of rotatable bonds is 4. The Bertz CT molecular complexity index is 573. The SMILES string of the molecule is CN(c1ccncn1)C1CCN(Cc2ccc(Cl)cc2)C1. The first-order valence-electron chi connectivity index (χ1n) is 7.18. The van der Waals surface area contributed by atoms with Gasteiger partial charge in [-0.05, 0) is 30.2 Å². The molecule has 2 aromatic rings. The fourth-order valence-corrected chi connectivity index (χ4v) is 2.93. The molecule has 0 spiro atoms. The summed E-state index contributed by atoms with van der Waals surface area (Å²) in [5.41, 5.74) is 1.31. The predicted molar refractivity (Wildman–Crippen MR) is 85.6 cm³/mol. The van der Waals surface area contributed by atoms with E-state index >= 15 is 0 Å². The highest BCUT2D eigenvalue weighted by Crippen LogP contribution is 2.21. The second kappa shape index (κ2) is 6.41. The highest BCUT2D eigenvalue weighted by atomic mass is 35.5. The number of halogens is 1. The molecule has 21 heavy (non-hydrogen) atoms. The summed E-state index contributed by atoms with van der Waals surface area (Å²) in [4.78, 5) is 13.0. The van der Waals surface area contributed by atoms with Gasteiger partial charge in [-0.25, -0.2) is 9.97 Å². The van der Waals surface area contributed by atoms with Gasteiger partial charge in [0, 0.05) is 43.9 Å². The summed E-state index contributed by atoms with van der Waals surface area (Å²) in [6.07, 6.45) is 4.56. The van der Waals surface area contributed by atoms with Gasteiger partial charge in [-0.1, -0.05) is 23.7 Å². The average Bonchev–Trinajstić information content (AvgIpc) is 2.98. The third-order valence-corrected chi connectivity index (χ3v) is 4.29. The molecule has 0 saturated carbocycles. The fraction of sp³-hybridized carbons (Fsp3) is 0.375. The zero-order valence-electron chi connectivity index (χ0n) is 12.1. The smallest absolute Gasteiger partial charge is 0.131 e. The van der Waals surface area contributed by atoms with Crippen LogP contribution in [0.3, 0.4) is 0 Å². The molecule has 5 heteroatoms. The Morgan fingerprint density at radius 3 is 2.81 bits per heavy atom. The van der Waals surface area contributed by atoms with Crippen LogP contribution in [0, 0.1) is 0 Å². The van der Waals surface area contributed by atoms with E-state index in [0.717, 1.165) is 36.9 Å². The van der Waals surface area contributed by atoms with Crippen LogP contribution < -0.4 is 4.90 Å². The highest BCUT2D eigenvalue weighted by molar-refractivity contribution is 6.30. The number of hydrogen-bond acceptors (Lipinski definition) is 4. The first-order valence-corrected chi connectivity index (χ1v) is 7.56. The van der Waals surface area contributed by atoms with E-state index in [9.17, 15) is 0 Å². The third kappa shape index (κ3) is 3.52. The normalized spacial score (nSPS) is 18.9. The molecule has 1 fully saturated rings. The van der Waals surface area contributed by atoms with Crippen molar-refractivity contribution < 1.29 is 0 Å². The van der Waals surface area contributed by atoms with Crippen molar-refractivity contribution >= 4 is 17.4 Å². The van der Waals surface area contributed by atoms with Gasteiger partial charge >= 0.3 is 0 Å². The van der Waals surface area contributed by atoms with E-state index in [-0.39, 0.29) is 0 Å². The molecule has 0 aliphatic carbocycles. The summed E-state index contributed by atoms with van der Waals surface area (Å²) in [5, 5.41) is 0.793. The topological polar surface area (TPSA) is 32.3 Å². The lowest BCUT2D eigenvalue weighted by Gasteiger charge is -2.25. The van der Waals surface area contributed by atoms with Crippen molar-refractivity contribution in [1.82, 2.24) is 14.9 Å². The van der Waals surface area contributed by atoms with Gasteiger partial charge in [0.25, 0.3) is 0 Å². The van der Waals surface area contributed by atoms with Gasteiger partial charge in [-0.15, -0.1) is 0 Å². The number of benzene rings is 1.